The number of ether oxygens (including phenoxy) is 1. The zero-order chi connectivity index (χ0) is 14.8. The molecular weight excluding hydrogens is 293 g/mol. The van der Waals surface area contributed by atoms with E-state index in [1.807, 2.05) is 0 Å². The average molecular weight is 302 g/mol. The lowest BCUT2D eigenvalue weighted by molar-refractivity contribution is -0.129. The van der Waals surface area contributed by atoms with Crippen molar-refractivity contribution in [2.45, 2.75) is 0 Å². The number of hydrogen-bond donors (Lipinski definition) is 0. The van der Waals surface area contributed by atoms with Crippen molar-refractivity contribution in [3.63, 3.8) is 0 Å². The molecule has 2 aromatic carbocycles. The van der Waals surface area contributed by atoms with Gasteiger partial charge in [0.05, 0.1) is 0 Å². The summed E-state index contributed by atoms with van der Waals surface area (Å²) < 4.78 is 18.7. The maximum Gasteiger partial charge on any atom is 0.363 e. The minimum Gasteiger partial charge on any atom is -0.402 e. The van der Waals surface area contributed by atoms with Gasteiger partial charge < -0.3 is 4.74 Å². The van der Waals surface area contributed by atoms with E-state index in [0.717, 1.165) is 0 Å². The molecule has 104 valence electrons. The molecule has 1 aliphatic rings. The molecule has 0 N–H and O–H groups in total. The van der Waals surface area contributed by atoms with E-state index in [2.05, 4.69) is 4.99 Å². The molecular formula is C16H9ClFNO2. The molecule has 0 amide bonds. The van der Waals surface area contributed by atoms with Crippen molar-refractivity contribution >= 4 is 29.5 Å². The van der Waals surface area contributed by atoms with E-state index in [0.29, 0.717) is 10.6 Å². The van der Waals surface area contributed by atoms with Crippen LogP contribution in [0.5, 0.6) is 0 Å². The fourth-order valence-electron chi connectivity index (χ4n) is 1.86. The summed E-state index contributed by atoms with van der Waals surface area (Å²) in [6.45, 7) is 0. The summed E-state index contributed by atoms with van der Waals surface area (Å²) in [5, 5.41) is 0.575. The Balaban J connectivity index is 1.96. The molecule has 0 spiro atoms. The summed E-state index contributed by atoms with van der Waals surface area (Å²) in [4.78, 5) is 15.9. The van der Waals surface area contributed by atoms with Crippen molar-refractivity contribution in [2.24, 2.45) is 4.99 Å². The second kappa shape index (κ2) is 5.50. The van der Waals surface area contributed by atoms with Gasteiger partial charge in [-0.05, 0) is 36.4 Å². The topological polar surface area (TPSA) is 38.7 Å². The molecule has 0 saturated carbocycles. The Morgan fingerprint density at radius 2 is 1.81 bits per heavy atom. The molecule has 1 heterocycles. The van der Waals surface area contributed by atoms with Gasteiger partial charge in [-0.25, -0.2) is 14.2 Å². The number of esters is 1. The number of hydrogen-bond acceptors (Lipinski definition) is 3. The molecule has 3 nitrogen and oxygen atoms in total. The van der Waals surface area contributed by atoms with Gasteiger partial charge in [-0.3, -0.25) is 0 Å². The molecule has 1 aliphatic heterocycles. The number of carbonyl (C=O) groups is 1. The van der Waals surface area contributed by atoms with Crippen LogP contribution in [0.4, 0.5) is 4.39 Å². The summed E-state index contributed by atoms with van der Waals surface area (Å²) >= 11 is 5.80. The van der Waals surface area contributed by atoms with Crippen LogP contribution in [0.25, 0.3) is 6.08 Å². The predicted molar refractivity (Wildman–Crippen MR) is 78.5 cm³/mol. The quantitative estimate of drug-likeness (QED) is 0.625. The Hall–Kier alpha value is -2.46. The smallest absolute Gasteiger partial charge is 0.363 e. The van der Waals surface area contributed by atoms with E-state index in [1.54, 1.807) is 42.5 Å². The van der Waals surface area contributed by atoms with Crippen molar-refractivity contribution in [3.05, 3.63) is 76.2 Å². The monoisotopic (exact) mass is 301 g/mol. The van der Waals surface area contributed by atoms with Gasteiger partial charge in [0.1, 0.15) is 5.82 Å². The van der Waals surface area contributed by atoms with Crippen LogP contribution in [-0.2, 0) is 9.53 Å². The molecule has 0 unspecified atom stereocenters. The van der Waals surface area contributed by atoms with E-state index in [1.165, 1.54) is 12.1 Å². The molecule has 0 atom stereocenters. The van der Waals surface area contributed by atoms with Crippen molar-refractivity contribution in [1.82, 2.24) is 0 Å². The third kappa shape index (κ3) is 2.85. The lowest BCUT2D eigenvalue weighted by Gasteiger charge is -1.98. The van der Waals surface area contributed by atoms with Gasteiger partial charge in [0.15, 0.2) is 5.70 Å². The van der Waals surface area contributed by atoms with Gasteiger partial charge in [-0.15, -0.1) is 0 Å². The van der Waals surface area contributed by atoms with Crippen LogP contribution >= 0.6 is 11.6 Å². The predicted octanol–water partition coefficient (Wildman–Crippen LogP) is 3.82. The third-order valence-corrected chi connectivity index (χ3v) is 3.16. The minimum absolute atomic E-state index is 0.0602. The zero-order valence-electron chi connectivity index (χ0n) is 10.7. The highest BCUT2D eigenvalue weighted by Gasteiger charge is 2.24. The number of nitrogens with zero attached hydrogens (tertiary/aromatic N) is 1. The second-order valence-corrected chi connectivity index (χ2v) is 4.80. The van der Waals surface area contributed by atoms with Crippen LogP contribution in [0.3, 0.4) is 0 Å². The van der Waals surface area contributed by atoms with Crippen LogP contribution in [0.15, 0.2) is 59.2 Å². The van der Waals surface area contributed by atoms with E-state index in [4.69, 9.17) is 16.3 Å². The van der Waals surface area contributed by atoms with Gasteiger partial charge in [-0.2, -0.15) is 0 Å². The highest BCUT2D eigenvalue weighted by Crippen LogP contribution is 2.21. The van der Waals surface area contributed by atoms with Crippen molar-refractivity contribution in [2.75, 3.05) is 0 Å². The Kier molecular flexibility index (Phi) is 3.54. The highest BCUT2D eigenvalue weighted by molar-refractivity contribution is 6.30. The summed E-state index contributed by atoms with van der Waals surface area (Å²) in [7, 11) is 0. The molecule has 0 aromatic heterocycles. The molecule has 3 rings (SSSR count). The van der Waals surface area contributed by atoms with Gasteiger partial charge in [0.2, 0.25) is 5.90 Å². The summed E-state index contributed by atoms with van der Waals surface area (Å²) in [5.74, 6) is -0.851. The Labute approximate surface area is 125 Å². The highest BCUT2D eigenvalue weighted by atomic mass is 35.5. The van der Waals surface area contributed by atoms with Gasteiger partial charge in [0, 0.05) is 16.1 Å². The Bertz CT molecular complexity index is 766. The first-order valence-electron chi connectivity index (χ1n) is 6.16. The minimum atomic E-state index is -0.608. The number of carbonyl (C=O) groups excluding carboxylic acids is 1. The first-order valence-corrected chi connectivity index (χ1v) is 6.54. The van der Waals surface area contributed by atoms with E-state index >= 15 is 0 Å². The molecule has 5 heteroatoms. The number of aliphatic imine (C=N–C) groups is 1. The maximum absolute atomic E-state index is 13.6. The molecule has 2 aromatic rings. The lowest BCUT2D eigenvalue weighted by Crippen LogP contribution is -2.05. The van der Waals surface area contributed by atoms with E-state index < -0.39 is 11.8 Å². The molecule has 21 heavy (non-hydrogen) atoms. The molecule has 0 radical (unpaired) electrons. The van der Waals surface area contributed by atoms with E-state index in [-0.39, 0.29) is 17.2 Å². The van der Waals surface area contributed by atoms with Crippen molar-refractivity contribution in [1.29, 1.82) is 0 Å². The number of cyclic esters (lactones) is 1. The van der Waals surface area contributed by atoms with Gasteiger partial charge in [0.25, 0.3) is 0 Å². The van der Waals surface area contributed by atoms with E-state index in [9.17, 15) is 9.18 Å². The normalized spacial score (nSPS) is 16.0. The fourth-order valence-corrected chi connectivity index (χ4v) is 1.99. The first-order chi connectivity index (χ1) is 10.1. The van der Waals surface area contributed by atoms with Crippen LogP contribution in [0.2, 0.25) is 5.02 Å². The van der Waals surface area contributed by atoms with Crippen LogP contribution < -0.4 is 0 Å². The zero-order valence-corrected chi connectivity index (χ0v) is 11.5. The van der Waals surface area contributed by atoms with Crippen LogP contribution in [0.1, 0.15) is 11.1 Å². The van der Waals surface area contributed by atoms with Crippen LogP contribution in [-0.4, -0.2) is 11.9 Å². The number of benzene rings is 2. The summed E-state index contributed by atoms with van der Waals surface area (Å²) in [6, 6.07) is 12.9. The molecule has 0 aliphatic carbocycles. The van der Waals surface area contributed by atoms with Crippen molar-refractivity contribution in [3.8, 4) is 0 Å². The molecule has 0 saturated heterocycles. The number of halogens is 2. The van der Waals surface area contributed by atoms with Gasteiger partial charge in [-0.1, -0.05) is 29.8 Å². The Morgan fingerprint density at radius 3 is 2.52 bits per heavy atom. The summed E-state index contributed by atoms with van der Waals surface area (Å²) in [5.41, 5.74) is 0.972. The largest absolute Gasteiger partial charge is 0.402 e. The molecule has 0 fully saturated rings. The summed E-state index contributed by atoms with van der Waals surface area (Å²) in [6.07, 6.45) is 1.36. The van der Waals surface area contributed by atoms with Crippen LogP contribution in [0, 0.1) is 5.82 Å². The Morgan fingerprint density at radius 1 is 1.10 bits per heavy atom. The third-order valence-electron chi connectivity index (χ3n) is 2.91. The standard InChI is InChI=1S/C16H9ClFNO2/c17-12-7-5-10(6-8-12)15-19-14(16(20)21-15)9-11-3-1-2-4-13(11)18/h1-9H/b14-9-. The SMILES string of the molecule is O=C1OC(c2ccc(Cl)cc2)=N/C1=C\c1ccccc1F. The fraction of sp³-hybridized carbons (Fsp3) is 0. The lowest BCUT2D eigenvalue weighted by atomic mass is 10.2. The maximum atomic E-state index is 13.6. The van der Waals surface area contributed by atoms with Gasteiger partial charge >= 0.3 is 5.97 Å². The first kappa shape index (κ1) is 13.5. The average Bonchev–Trinajstić information content (AvgIpc) is 2.83. The van der Waals surface area contributed by atoms with Crippen molar-refractivity contribution < 1.29 is 13.9 Å². The number of rotatable bonds is 2. The molecule has 0 bridgehead atoms. The second-order valence-electron chi connectivity index (χ2n) is 4.36.